The smallest absolute Gasteiger partial charge is 0.319 e. The number of nitrogens with one attached hydrogen (secondary N) is 3. The number of ether oxygens (including phenoxy) is 1. The van der Waals surface area contributed by atoms with Crippen molar-refractivity contribution in [3.63, 3.8) is 0 Å². The van der Waals surface area contributed by atoms with Crippen LogP contribution in [0.4, 0.5) is 10.5 Å². The van der Waals surface area contributed by atoms with E-state index in [1.165, 1.54) is 7.11 Å². The SMILES string of the molecule is COC(=O)CCNC(=O)c1ccc(NC(=O)NC(C)c2cc3ccccc3o2)cc1. The fourth-order valence-electron chi connectivity index (χ4n) is 2.84. The van der Waals surface area contributed by atoms with Crippen molar-refractivity contribution in [3.05, 3.63) is 65.9 Å². The minimum atomic E-state index is -0.391. The van der Waals surface area contributed by atoms with Gasteiger partial charge in [0.2, 0.25) is 0 Å². The Morgan fingerprint density at radius 1 is 1.07 bits per heavy atom. The zero-order chi connectivity index (χ0) is 21.5. The molecule has 0 saturated heterocycles. The fourth-order valence-corrected chi connectivity index (χ4v) is 2.84. The number of benzene rings is 2. The summed E-state index contributed by atoms with van der Waals surface area (Å²) >= 11 is 0. The molecule has 30 heavy (non-hydrogen) atoms. The van der Waals surface area contributed by atoms with Gasteiger partial charge in [-0.3, -0.25) is 9.59 Å². The predicted octanol–water partition coefficient (Wildman–Crippen LogP) is 3.61. The Labute approximate surface area is 173 Å². The van der Waals surface area contributed by atoms with E-state index in [-0.39, 0.29) is 24.9 Å². The monoisotopic (exact) mass is 409 g/mol. The molecule has 0 saturated carbocycles. The van der Waals surface area contributed by atoms with Gasteiger partial charge in [0.1, 0.15) is 11.3 Å². The Morgan fingerprint density at radius 3 is 2.50 bits per heavy atom. The number of amides is 3. The highest BCUT2D eigenvalue weighted by atomic mass is 16.5. The van der Waals surface area contributed by atoms with Crippen molar-refractivity contribution < 1.29 is 23.5 Å². The molecule has 1 atom stereocenters. The minimum absolute atomic E-state index is 0.103. The van der Waals surface area contributed by atoms with Gasteiger partial charge in [-0.25, -0.2) is 4.79 Å². The molecule has 0 aliphatic rings. The first-order valence-electron chi connectivity index (χ1n) is 9.47. The number of hydrogen-bond donors (Lipinski definition) is 3. The van der Waals surface area contributed by atoms with E-state index in [1.807, 2.05) is 37.3 Å². The van der Waals surface area contributed by atoms with E-state index in [0.717, 1.165) is 11.0 Å². The van der Waals surface area contributed by atoms with Crippen LogP contribution in [0.1, 0.15) is 35.5 Å². The molecule has 8 nitrogen and oxygen atoms in total. The molecule has 3 amide bonds. The van der Waals surface area contributed by atoms with Gasteiger partial charge < -0.3 is 25.1 Å². The van der Waals surface area contributed by atoms with Gasteiger partial charge in [-0.05, 0) is 43.3 Å². The van der Waals surface area contributed by atoms with Gasteiger partial charge >= 0.3 is 12.0 Å². The molecule has 0 spiro atoms. The summed E-state index contributed by atoms with van der Waals surface area (Å²) in [5.41, 5.74) is 1.72. The Kier molecular flexibility index (Phi) is 6.69. The number of urea groups is 1. The van der Waals surface area contributed by atoms with E-state index < -0.39 is 12.0 Å². The first-order valence-corrected chi connectivity index (χ1v) is 9.47. The van der Waals surface area contributed by atoms with Crippen LogP contribution in [0.25, 0.3) is 11.0 Å². The number of carbonyl (C=O) groups is 3. The quantitative estimate of drug-likeness (QED) is 0.517. The molecule has 0 bridgehead atoms. The number of para-hydroxylation sites is 1. The van der Waals surface area contributed by atoms with E-state index >= 15 is 0 Å². The highest BCUT2D eigenvalue weighted by molar-refractivity contribution is 5.95. The molecule has 3 N–H and O–H groups in total. The molecule has 0 radical (unpaired) electrons. The minimum Gasteiger partial charge on any atom is -0.469 e. The van der Waals surface area contributed by atoms with Gasteiger partial charge in [0, 0.05) is 23.2 Å². The average molecular weight is 409 g/mol. The van der Waals surface area contributed by atoms with Crippen molar-refractivity contribution in [2.24, 2.45) is 0 Å². The van der Waals surface area contributed by atoms with Crippen LogP contribution in [0, 0.1) is 0 Å². The third-order valence-electron chi connectivity index (χ3n) is 4.47. The highest BCUT2D eigenvalue weighted by Crippen LogP contribution is 2.23. The number of carbonyl (C=O) groups excluding carboxylic acids is 3. The lowest BCUT2D eigenvalue weighted by Gasteiger charge is -2.13. The highest BCUT2D eigenvalue weighted by Gasteiger charge is 2.14. The third kappa shape index (κ3) is 5.38. The fraction of sp³-hybridized carbons (Fsp3) is 0.227. The summed E-state index contributed by atoms with van der Waals surface area (Å²) in [4.78, 5) is 35.4. The molecule has 1 unspecified atom stereocenters. The van der Waals surface area contributed by atoms with Crippen molar-refractivity contribution in [2.75, 3.05) is 19.0 Å². The first-order chi connectivity index (χ1) is 14.5. The van der Waals surface area contributed by atoms with Gasteiger partial charge in [-0.2, -0.15) is 0 Å². The Bertz CT molecular complexity index is 1010. The Balaban J connectivity index is 1.51. The second-order valence-corrected chi connectivity index (χ2v) is 6.67. The van der Waals surface area contributed by atoms with Gasteiger partial charge in [0.05, 0.1) is 19.6 Å². The zero-order valence-corrected chi connectivity index (χ0v) is 16.7. The molecular formula is C22H23N3O5. The zero-order valence-electron chi connectivity index (χ0n) is 16.7. The van der Waals surface area contributed by atoms with Crippen LogP contribution in [0.5, 0.6) is 0 Å². The van der Waals surface area contributed by atoms with E-state index in [1.54, 1.807) is 24.3 Å². The van der Waals surface area contributed by atoms with Crippen molar-refractivity contribution in [2.45, 2.75) is 19.4 Å². The van der Waals surface area contributed by atoms with Crippen LogP contribution in [0.2, 0.25) is 0 Å². The Morgan fingerprint density at radius 2 is 1.80 bits per heavy atom. The van der Waals surface area contributed by atoms with Crippen molar-refractivity contribution in [1.82, 2.24) is 10.6 Å². The van der Waals surface area contributed by atoms with E-state index in [9.17, 15) is 14.4 Å². The van der Waals surface area contributed by atoms with Crippen LogP contribution in [0.3, 0.4) is 0 Å². The molecule has 1 heterocycles. The van der Waals surface area contributed by atoms with E-state index in [0.29, 0.717) is 17.0 Å². The molecule has 1 aromatic heterocycles. The standard InChI is InChI=1S/C22H23N3O5/c1-14(19-13-16-5-3-4-6-18(16)30-19)24-22(28)25-17-9-7-15(8-10-17)21(27)23-12-11-20(26)29-2/h3-10,13-14H,11-12H2,1-2H3,(H,23,27)(H2,24,25,28). The number of esters is 1. The van der Waals surface area contributed by atoms with Crippen LogP contribution < -0.4 is 16.0 Å². The van der Waals surface area contributed by atoms with Crippen LogP contribution in [-0.4, -0.2) is 31.6 Å². The number of hydrogen-bond acceptors (Lipinski definition) is 5. The van der Waals surface area contributed by atoms with Crippen LogP contribution in [-0.2, 0) is 9.53 Å². The lowest BCUT2D eigenvalue weighted by molar-refractivity contribution is -0.140. The number of rotatable bonds is 7. The second kappa shape index (κ2) is 9.60. The van der Waals surface area contributed by atoms with E-state index in [2.05, 4.69) is 20.7 Å². The van der Waals surface area contributed by atoms with Crippen LogP contribution >= 0.6 is 0 Å². The molecule has 156 valence electrons. The predicted molar refractivity (Wildman–Crippen MR) is 112 cm³/mol. The number of furan rings is 1. The Hall–Kier alpha value is -3.81. The number of anilines is 1. The summed E-state index contributed by atoms with van der Waals surface area (Å²) in [6.07, 6.45) is 0.103. The molecule has 0 aliphatic heterocycles. The molecule has 8 heteroatoms. The summed E-state index contributed by atoms with van der Waals surface area (Å²) < 4.78 is 10.3. The van der Waals surface area contributed by atoms with Gasteiger partial charge in [-0.1, -0.05) is 18.2 Å². The topological polar surface area (TPSA) is 110 Å². The average Bonchev–Trinajstić information content (AvgIpc) is 3.18. The summed E-state index contributed by atoms with van der Waals surface area (Å²) in [7, 11) is 1.30. The van der Waals surface area contributed by atoms with Gasteiger partial charge in [0.25, 0.3) is 5.91 Å². The molecule has 3 aromatic rings. The molecular weight excluding hydrogens is 386 g/mol. The van der Waals surface area contributed by atoms with Gasteiger partial charge in [-0.15, -0.1) is 0 Å². The summed E-state index contributed by atoms with van der Waals surface area (Å²) in [6, 6.07) is 15.3. The van der Waals surface area contributed by atoms with Crippen molar-refractivity contribution in [1.29, 1.82) is 0 Å². The lowest BCUT2D eigenvalue weighted by Crippen LogP contribution is -2.31. The lowest BCUT2D eigenvalue weighted by atomic mass is 10.2. The summed E-state index contributed by atoms with van der Waals surface area (Å²) in [6.45, 7) is 2.02. The summed E-state index contributed by atoms with van der Waals surface area (Å²) in [5.74, 6) is -0.0449. The first kappa shape index (κ1) is 20.9. The van der Waals surface area contributed by atoms with Gasteiger partial charge in [0.15, 0.2) is 0 Å². The van der Waals surface area contributed by atoms with Crippen molar-refractivity contribution in [3.8, 4) is 0 Å². The summed E-state index contributed by atoms with van der Waals surface area (Å²) in [5, 5.41) is 9.15. The maximum absolute atomic E-state index is 12.3. The number of methoxy groups -OCH3 is 1. The number of fused-ring (bicyclic) bond motifs is 1. The molecule has 3 rings (SSSR count). The third-order valence-corrected chi connectivity index (χ3v) is 4.47. The van der Waals surface area contributed by atoms with Crippen LogP contribution in [0.15, 0.2) is 59.0 Å². The van der Waals surface area contributed by atoms with Crippen molar-refractivity contribution >= 4 is 34.6 Å². The van der Waals surface area contributed by atoms with E-state index in [4.69, 9.17) is 4.42 Å². The molecule has 2 aromatic carbocycles. The largest absolute Gasteiger partial charge is 0.469 e. The maximum Gasteiger partial charge on any atom is 0.319 e. The molecule has 0 aliphatic carbocycles. The maximum atomic E-state index is 12.3. The normalized spacial score (nSPS) is 11.5. The second-order valence-electron chi connectivity index (χ2n) is 6.67. The molecule has 0 fully saturated rings.